The molecule has 0 amide bonds. The van der Waals surface area contributed by atoms with Gasteiger partial charge in [-0.3, -0.25) is 0 Å². The fourth-order valence-corrected chi connectivity index (χ4v) is 5.39. The third-order valence-corrected chi connectivity index (χ3v) is 6.70. The van der Waals surface area contributed by atoms with Crippen molar-refractivity contribution in [1.82, 2.24) is 0 Å². The van der Waals surface area contributed by atoms with Crippen molar-refractivity contribution in [2.24, 2.45) is 0 Å². The lowest BCUT2D eigenvalue weighted by molar-refractivity contribution is -0.957. The quantitative estimate of drug-likeness (QED) is 0.745. The zero-order valence-electron chi connectivity index (χ0n) is 17.7. The Balaban J connectivity index is 1.88. The third-order valence-electron chi connectivity index (χ3n) is 6.70. The van der Waals surface area contributed by atoms with Crippen LogP contribution in [0.2, 0.25) is 0 Å². The van der Waals surface area contributed by atoms with E-state index in [4.69, 9.17) is 18.9 Å². The van der Waals surface area contributed by atoms with Crippen LogP contribution in [0.1, 0.15) is 41.1 Å². The summed E-state index contributed by atoms with van der Waals surface area (Å²) in [5.41, 5.74) is 5.37. The lowest BCUT2D eigenvalue weighted by atomic mass is 9.75. The second-order valence-electron chi connectivity index (χ2n) is 8.12. The molecule has 0 spiro atoms. The van der Waals surface area contributed by atoms with Crippen LogP contribution in [0.3, 0.4) is 0 Å². The van der Waals surface area contributed by atoms with Gasteiger partial charge in [0.15, 0.2) is 23.0 Å². The van der Waals surface area contributed by atoms with Crippen LogP contribution < -0.4 is 18.9 Å². The maximum absolute atomic E-state index is 5.77. The molecule has 0 saturated heterocycles. The highest BCUT2D eigenvalue weighted by atomic mass is 16.5. The van der Waals surface area contributed by atoms with Gasteiger partial charge in [-0.2, -0.15) is 0 Å². The highest BCUT2D eigenvalue weighted by Crippen LogP contribution is 2.53. The van der Waals surface area contributed by atoms with Gasteiger partial charge >= 0.3 is 0 Å². The number of rotatable bonds is 4. The Morgan fingerprint density at radius 3 is 2.18 bits per heavy atom. The van der Waals surface area contributed by atoms with Gasteiger partial charge in [-0.15, -0.1) is 0 Å². The molecule has 2 aromatic carbocycles. The lowest BCUT2D eigenvalue weighted by Gasteiger charge is -2.51. The van der Waals surface area contributed by atoms with E-state index in [0.29, 0.717) is 12.0 Å². The Morgan fingerprint density at radius 1 is 0.857 bits per heavy atom. The third kappa shape index (κ3) is 2.64. The van der Waals surface area contributed by atoms with Crippen LogP contribution in [0.4, 0.5) is 0 Å². The molecule has 28 heavy (non-hydrogen) atoms. The zero-order valence-corrected chi connectivity index (χ0v) is 17.7. The van der Waals surface area contributed by atoms with Crippen LogP contribution in [-0.4, -0.2) is 46.5 Å². The number of methoxy groups -OCH3 is 4. The molecule has 4 rings (SSSR count). The summed E-state index contributed by atoms with van der Waals surface area (Å²) in [7, 11) is 9.21. The lowest BCUT2D eigenvalue weighted by Crippen LogP contribution is -2.54. The first kappa shape index (κ1) is 18.9. The Hall–Kier alpha value is -2.40. The number of hydrogen-bond acceptors (Lipinski definition) is 4. The van der Waals surface area contributed by atoms with E-state index in [1.807, 2.05) is 6.07 Å². The number of quaternary nitrogens is 1. The average molecular weight is 384 g/mol. The normalized spacial score (nSPS) is 25.2. The van der Waals surface area contributed by atoms with Crippen LogP contribution in [0.15, 0.2) is 24.3 Å². The van der Waals surface area contributed by atoms with Crippen LogP contribution in [0.5, 0.6) is 23.0 Å². The topological polar surface area (TPSA) is 36.9 Å². The number of nitrogens with zero attached hydrogens (tertiary/aromatic N) is 1. The van der Waals surface area contributed by atoms with Gasteiger partial charge < -0.3 is 23.4 Å². The maximum atomic E-state index is 5.77. The van der Waals surface area contributed by atoms with E-state index in [1.165, 1.54) is 22.3 Å². The fraction of sp³-hybridized carbons (Fsp3) is 0.478. The van der Waals surface area contributed by atoms with Crippen molar-refractivity contribution >= 4 is 0 Å². The van der Waals surface area contributed by atoms with Gasteiger partial charge in [-0.25, -0.2) is 0 Å². The Kier molecular flexibility index (Phi) is 4.66. The fourth-order valence-electron chi connectivity index (χ4n) is 5.39. The minimum Gasteiger partial charge on any atom is -0.493 e. The first-order valence-electron chi connectivity index (χ1n) is 9.80. The van der Waals surface area contributed by atoms with Crippen LogP contribution in [0.25, 0.3) is 0 Å². The van der Waals surface area contributed by atoms with Crippen LogP contribution >= 0.6 is 0 Å². The van der Waals surface area contributed by atoms with Crippen molar-refractivity contribution in [2.45, 2.75) is 31.8 Å². The molecule has 0 bridgehead atoms. The van der Waals surface area contributed by atoms with Crippen LogP contribution in [0, 0.1) is 0 Å². The molecule has 0 saturated carbocycles. The molecule has 0 unspecified atom stereocenters. The predicted octanol–water partition coefficient (Wildman–Crippen LogP) is 4.08. The minimum absolute atomic E-state index is 0.353. The number of benzene rings is 2. The summed E-state index contributed by atoms with van der Waals surface area (Å²) in [4.78, 5) is 0. The van der Waals surface area contributed by atoms with Crippen LogP contribution in [-0.2, 0) is 13.0 Å². The molecular formula is C23H30NO4+. The second kappa shape index (κ2) is 6.89. The van der Waals surface area contributed by atoms with Gasteiger partial charge in [-0.1, -0.05) is 13.0 Å². The van der Waals surface area contributed by atoms with Gasteiger partial charge in [0.2, 0.25) is 0 Å². The first-order valence-corrected chi connectivity index (χ1v) is 9.80. The summed E-state index contributed by atoms with van der Waals surface area (Å²) in [5, 5.41) is 0. The minimum atomic E-state index is 0.353. The largest absolute Gasteiger partial charge is 0.493 e. The predicted molar refractivity (Wildman–Crippen MR) is 109 cm³/mol. The highest BCUT2D eigenvalue weighted by Gasteiger charge is 2.48. The van der Waals surface area contributed by atoms with Gasteiger partial charge in [0, 0.05) is 17.9 Å². The van der Waals surface area contributed by atoms with E-state index in [0.717, 1.165) is 47.0 Å². The monoisotopic (exact) mass is 384 g/mol. The van der Waals surface area contributed by atoms with Crippen molar-refractivity contribution < 1.29 is 23.4 Å². The van der Waals surface area contributed by atoms with Crippen molar-refractivity contribution in [1.29, 1.82) is 0 Å². The number of likely N-dealkylation sites (N-methyl/N-ethyl adjacent to an activating group) is 1. The summed E-state index contributed by atoms with van der Waals surface area (Å²) >= 11 is 0. The molecule has 0 aromatic heterocycles. The molecule has 3 atom stereocenters. The highest BCUT2D eigenvalue weighted by molar-refractivity contribution is 5.55. The SMILES string of the molecule is COc1cc2c(cc1OC)[C@H]1[C@@H](C)c3ccc(OC)c(OC)c3C[N@@+]1(C)CC2. The molecule has 0 N–H and O–H groups in total. The molecule has 5 nitrogen and oxygen atoms in total. The Morgan fingerprint density at radius 2 is 1.54 bits per heavy atom. The van der Waals surface area contributed by atoms with Crippen molar-refractivity contribution in [2.75, 3.05) is 42.0 Å². The Bertz CT molecular complexity index is 910. The molecule has 150 valence electrons. The smallest absolute Gasteiger partial charge is 0.169 e. The van der Waals surface area contributed by atoms with Crippen molar-refractivity contribution in [3.63, 3.8) is 0 Å². The molecule has 2 aliphatic rings. The summed E-state index contributed by atoms with van der Waals surface area (Å²) < 4.78 is 23.4. The van der Waals surface area contributed by atoms with E-state index >= 15 is 0 Å². The van der Waals surface area contributed by atoms with E-state index < -0.39 is 0 Å². The summed E-state index contributed by atoms with van der Waals surface area (Å²) in [6, 6.07) is 8.96. The van der Waals surface area contributed by atoms with E-state index in [1.54, 1.807) is 28.4 Å². The molecular weight excluding hydrogens is 354 g/mol. The van der Waals surface area contributed by atoms with Gasteiger partial charge in [0.1, 0.15) is 12.6 Å². The Labute approximate surface area is 167 Å². The van der Waals surface area contributed by atoms with E-state index in [2.05, 4.69) is 32.2 Å². The average Bonchev–Trinajstić information content (AvgIpc) is 2.71. The molecule has 0 fully saturated rings. The van der Waals surface area contributed by atoms with Gasteiger partial charge in [0.05, 0.1) is 47.6 Å². The first-order chi connectivity index (χ1) is 13.5. The number of fused-ring (bicyclic) bond motifs is 4. The van der Waals surface area contributed by atoms with Crippen molar-refractivity contribution in [3.05, 3.63) is 46.5 Å². The maximum Gasteiger partial charge on any atom is 0.169 e. The zero-order chi connectivity index (χ0) is 20.1. The molecule has 0 aliphatic carbocycles. The number of hydrogen-bond donors (Lipinski definition) is 0. The summed E-state index contributed by atoms with van der Waals surface area (Å²) in [5.74, 6) is 3.66. The van der Waals surface area contributed by atoms with Gasteiger partial charge in [0.25, 0.3) is 0 Å². The summed E-state index contributed by atoms with van der Waals surface area (Å²) in [6.45, 7) is 4.34. The molecule has 0 radical (unpaired) electrons. The molecule has 2 aromatic rings. The van der Waals surface area contributed by atoms with Gasteiger partial charge in [-0.05, 0) is 29.3 Å². The van der Waals surface area contributed by atoms with E-state index in [-0.39, 0.29) is 0 Å². The van der Waals surface area contributed by atoms with E-state index in [9.17, 15) is 0 Å². The molecule has 2 heterocycles. The summed E-state index contributed by atoms with van der Waals surface area (Å²) in [6.07, 6.45) is 1.02. The second-order valence-corrected chi connectivity index (χ2v) is 8.12. The standard InChI is InChI=1S/C23H30NO4/c1-14-16-7-8-19(25-3)23(28-6)18(16)13-24(2)10-9-15-11-20(26-4)21(27-5)12-17(15)22(14)24/h7-8,11-12,14,22H,9-10,13H2,1-6H3/q+1/t14-,22+,24+/m0/s1. The number of ether oxygens (including phenoxy) is 4. The molecule has 2 aliphatic heterocycles. The van der Waals surface area contributed by atoms with Crippen molar-refractivity contribution in [3.8, 4) is 23.0 Å². The molecule has 5 heteroatoms.